The fourth-order valence-electron chi connectivity index (χ4n) is 2.37. The van der Waals surface area contributed by atoms with Crippen LogP contribution >= 0.6 is 0 Å². The quantitative estimate of drug-likeness (QED) is 0.852. The minimum atomic E-state index is -0.526. The number of carbonyl (C=O) groups excluding carboxylic acids is 1. The van der Waals surface area contributed by atoms with Crippen molar-refractivity contribution < 1.29 is 18.7 Å². The molecule has 1 aromatic rings. The molecular formula is C16H23FN2O3. The van der Waals surface area contributed by atoms with Gasteiger partial charge in [-0.15, -0.1) is 0 Å². The van der Waals surface area contributed by atoms with Crippen molar-refractivity contribution in [2.75, 3.05) is 18.8 Å². The predicted octanol–water partition coefficient (Wildman–Crippen LogP) is 3.19. The second-order valence-electron chi connectivity index (χ2n) is 6.53. The number of amides is 1. The molecule has 1 unspecified atom stereocenters. The van der Waals surface area contributed by atoms with E-state index >= 15 is 0 Å². The van der Waals surface area contributed by atoms with Gasteiger partial charge in [0.05, 0.1) is 6.54 Å². The lowest BCUT2D eigenvalue weighted by Crippen LogP contribution is -2.46. The Morgan fingerprint density at radius 2 is 2.09 bits per heavy atom. The number of benzene rings is 1. The molecule has 1 atom stereocenters. The maximum absolute atomic E-state index is 13.3. The fourth-order valence-corrected chi connectivity index (χ4v) is 2.37. The Hall–Kier alpha value is -1.98. The number of nitrogens with zero attached hydrogens (tertiary/aromatic N) is 1. The summed E-state index contributed by atoms with van der Waals surface area (Å²) in [4.78, 5) is 13.7. The minimum absolute atomic E-state index is 0.192. The summed E-state index contributed by atoms with van der Waals surface area (Å²) in [6, 6.07) is 4.11. The van der Waals surface area contributed by atoms with E-state index in [2.05, 4.69) is 0 Å². The summed E-state index contributed by atoms with van der Waals surface area (Å²) in [7, 11) is 0. The molecule has 0 aliphatic carbocycles. The van der Waals surface area contributed by atoms with Crippen LogP contribution in [0.2, 0.25) is 0 Å². The SMILES string of the molecule is CC(C)(C)OC(=O)N1CCCC(Oc2cc(N)cc(F)c2)C1. The molecule has 1 saturated heterocycles. The minimum Gasteiger partial charge on any atom is -0.488 e. The molecule has 1 fully saturated rings. The van der Waals surface area contributed by atoms with Gasteiger partial charge in [0.15, 0.2) is 0 Å². The van der Waals surface area contributed by atoms with E-state index < -0.39 is 11.4 Å². The zero-order valence-corrected chi connectivity index (χ0v) is 13.3. The van der Waals surface area contributed by atoms with Crippen molar-refractivity contribution in [2.24, 2.45) is 0 Å². The second-order valence-corrected chi connectivity index (χ2v) is 6.53. The predicted molar refractivity (Wildman–Crippen MR) is 82.3 cm³/mol. The Balaban J connectivity index is 1.97. The molecule has 2 rings (SSSR count). The van der Waals surface area contributed by atoms with Gasteiger partial charge in [0.2, 0.25) is 0 Å². The number of hydrogen-bond acceptors (Lipinski definition) is 4. The molecule has 0 aromatic heterocycles. The van der Waals surface area contributed by atoms with E-state index in [0.717, 1.165) is 12.8 Å². The molecule has 0 spiro atoms. The first-order valence-corrected chi connectivity index (χ1v) is 7.43. The van der Waals surface area contributed by atoms with Crippen molar-refractivity contribution in [3.8, 4) is 5.75 Å². The number of anilines is 1. The summed E-state index contributed by atoms with van der Waals surface area (Å²) < 4.78 is 24.5. The van der Waals surface area contributed by atoms with E-state index in [9.17, 15) is 9.18 Å². The third-order valence-corrected chi connectivity index (χ3v) is 3.23. The molecule has 122 valence electrons. The molecule has 0 bridgehead atoms. The molecule has 0 saturated carbocycles. The van der Waals surface area contributed by atoms with Crippen molar-refractivity contribution >= 4 is 11.8 Å². The van der Waals surface area contributed by atoms with Crippen LogP contribution in [0.3, 0.4) is 0 Å². The number of hydrogen-bond donors (Lipinski definition) is 1. The highest BCUT2D eigenvalue weighted by Crippen LogP contribution is 2.23. The molecule has 0 radical (unpaired) electrons. The standard InChI is InChI=1S/C16H23FN2O3/c1-16(2,3)22-15(20)19-6-4-5-13(10-19)21-14-8-11(17)7-12(18)9-14/h7-9,13H,4-6,10,18H2,1-3H3. The summed E-state index contributed by atoms with van der Waals surface area (Å²) >= 11 is 0. The number of likely N-dealkylation sites (tertiary alicyclic amines) is 1. The maximum Gasteiger partial charge on any atom is 0.410 e. The van der Waals surface area contributed by atoms with Crippen molar-refractivity contribution in [1.29, 1.82) is 0 Å². The molecule has 2 N–H and O–H groups in total. The van der Waals surface area contributed by atoms with Gasteiger partial charge >= 0.3 is 6.09 Å². The molecule has 6 heteroatoms. The largest absolute Gasteiger partial charge is 0.488 e. The number of nitrogens with two attached hydrogens (primary N) is 1. The van der Waals surface area contributed by atoms with Gasteiger partial charge in [-0.25, -0.2) is 9.18 Å². The Morgan fingerprint density at radius 3 is 2.73 bits per heavy atom. The van der Waals surface area contributed by atoms with Crippen LogP contribution in [0.5, 0.6) is 5.75 Å². The second kappa shape index (κ2) is 6.42. The van der Waals surface area contributed by atoms with Crippen LogP contribution in [0.15, 0.2) is 18.2 Å². The van der Waals surface area contributed by atoms with Crippen LogP contribution in [-0.2, 0) is 4.74 Å². The number of nitrogen functional groups attached to an aromatic ring is 1. The third kappa shape index (κ3) is 4.79. The molecule has 1 heterocycles. The van der Waals surface area contributed by atoms with Crippen LogP contribution < -0.4 is 10.5 Å². The highest BCUT2D eigenvalue weighted by atomic mass is 19.1. The molecule has 5 nitrogen and oxygen atoms in total. The van der Waals surface area contributed by atoms with E-state index in [1.807, 2.05) is 20.8 Å². The Kier molecular flexibility index (Phi) is 4.78. The van der Waals surface area contributed by atoms with Gasteiger partial charge in [-0.3, -0.25) is 0 Å². The molecule has 1 aromatic carbocycles. The molecule has 1 aliphatic heterocycles. The fraction of sp³-hybridized carbons (Fsp3) is 0.562. The Bertz CT molecular complexity index is 522. The van der Waals surface area contributed by atoms with Crippen LogP contribution in [0, 0.1) is 5.82 Å². The highest BCUT2D eigenvalue weighted by molar-refractivity contribution is 5.68. The summed E-state index contributed by atoms with van der Waals surface area (Å²) in [5, 5.41) is 0. The highest BCUT2D eigenvalue weighted by Gasteiger charge is 2.28. The molecule has 1 amide bonds. The van der Waals surface area contributed by atoms with Gasteiger partial charge in [0.25, 0.3) is 0 Å². The van der Waals surface area contributed by atoms with E-state index in [0.29, 0.717) is 24.5 Å². The first-order chi connectivity index (χ1) is 10.2. The average molecular weight is 310 g/mol. The normalized spacial score (nSPS) is 18.9. The number of halogens is 1. The lowest BCUT2D eigenvalue weighted by Gasteiger charge is -2.34. The molecule has 1 aliphatic rings. The van der Waals surface area contributed by atoms with E-state index in [1.165, 1.54) is 12.1 Å². The zero-order chi connectivity index (χ0) is 16.3. The first kappa shape index (κ1) is 16.4. The van der Waals surface area contributed by atoms with Gasteiger partial charge in [0.1, 0.15) is 23.3 Å². The van der Waals surface area contributed by atoms with E-state index in [-0.39, 0.29) is 12.2 Å². The molecular weight excluding hydrogens is 287 g/mol. The van der Waals surface area contributed by atoms with Crippen LogP contribution in [0.1, 0.15) is 33.6 Å². The van der Waals surface area contributed by atoms with Gasteiger partial charge < -0.3 is 20.1 Å². The van der Waals surface area contributed by atoms with Crippen LogP contribution in [0.25, 0.3) is 0 Å². The average Bonchev–Trinajstić information content (AvgIpc) is 2.35. The zero-order valence-electron chi connectivity index (χ0n) is 13.3. The van der Waals surface area contributed by atoms with Gasteiger partial charge in [-0.2, -0.15) is 0 Å². The third-order valence-electron chi connectivity index (χ3n) is 3.23. The Labute approximate surface area is 130 Å². The van der Waals surface area contributed by atoms with Crippen molar-refractivity contribution in [3.05, 3.63) is 24.0 Å². The lowest BCUT2D eigenvalue weighted by molar-refractivity contribution is 0.00772. The van der Waals surface area contributed by atoms with Crippen molar-refractivity contribution in [3.63, 3.8) is 0 Å². The number of carbonyl (C=O) groups is 1. The molecule has 22 heavy (non-hydrogen) atoms. The summed E-state index contributed by atoms with van der Waals surface area (Å²) in [6.07, 6.45) is 1.08. The number of piperidine rings is 1. The maximum atomic E-state index is 13.3. The first-order valence-electron chi connectivity index (χ1n) is 7.43. The summed E-state index contributed by atoms with van der Waals surface area (Å²) in [5.74, 6) is -0.0525. The van der Waals surface area contributed by atoms with Gasteiger partial charge in [-0.1, -0.05) is 0 Å². The van der Waals surface area contributed by atoms with Gasteiger partial charge in [0, 0.05) is 24.4 Å². The lowest BCUT2D eigenvalue weighted by atomic mass is 10.1. The van der Waals surface area contributed by atoms with Crippen molar-refractivity contribution in [2.45, 2.75) is 45.3 Å². The number of rotatable bonds is 2. The van der Waals surface area contributed by atoms with Crippen LogP contribution in [0.4, 0.5) is 14.9 Å². The summed E-state index contributed by atoms with van der Waals surface area (Å²) in [5.41, 5.74) is 5.39. The van der Waals surface area contributed by atoms with Gasteiger partial charge in [-0.05, 0) is 39.7 Å². The topological polar surface area (TPSA) is 64.8 Å². The van der Waals surface area contributed by atoms with E-state index in [4.69, 9.17) is 15.2 Å². The monoisotopic (exact) mass is 310 g/mol. The summed E-state index contributed by atoms with van der Waals surface area (Å²) in [6.45, 7) is 6.56. The van der Waals surface area contributed by atoms with Crippen molar-refractivity contribution in [1.82, 2.24) is 4.90 Å². The Morgan fingerprint density at radius 1 is 1.36 bits per heavy atom. The smallest absolute Gasteiger partial charge is 0.410 e. The van der Waals surface area contributed by atoms with Crippen LogP contribution in [-0.4, -0.2) is 35.8 Å². The number of ether oxygens (including phenoxy) is 2. The van der Waals surface area contributed by atoms with E-state index in [1.54, 1.807) is 11.0 Å².